The van der Waals surface area contributed by atoms with E-state index in [9.17, 15) is 0 Å². The lowest BCUT2D eigenvalue weighted by Gasteiger charge is -2.38. The average molecular weight is 224 g/mol. The summed E-state index contributed by atoms with van der Waals surface area (Å²) in [5.41, 5.74) is 5.92. The molecule has 4 nitrogen and oxygen atoms in total. The van der Waals surface area contributed by atoms with Crippen LogP contribution in [0.1, 0.15) is 32.6 Å². The second-order valence-electron chi connectivity index (χ2n) is 4.79. The van der Waals surface area contributed by atoms with E-state index < -0.39 is 0 Å². The zero-order valence-electron chi connectivity index (χ0n) is 10.4. The van der Waals surface area contributed by atoms with Gasteiger partial charge in [-0.2, -0.15) is 0 Å². The molecular formula is C12H24N4. The third-order valence-electron chi connectivity index (χ3n) is 3.80. The minimum absolute atomic E-state index is 0.730. The van der Waals surface area contributed by atoms with Crippen molar-refractivity contribution < 1.29 is 0 Å². The Bertz CT molecular complexity index is 237. The van der Waals surface area contributed by atoms with Gasteiger partial charge in [0.25, 0.3) is 0 Å². The third kappa shape index (κ3) is 2.67. The quantitative estimate of drug-likeness (QED) is 0.559. The molecule has 1 heterocycles. The maximum atomic E-state index is 5.92. The van der Waals surface area contributed by atoms with Crippen LogP contribution in [0.5, 0.6) is 0 Å². The molecule has 92 valence electrons. The molecule has 2 aliphatic rings. The standard InChI is InChI=1S/C12H24N4/c1-2-14-12(13)16-9-7-15(8-10-16)11-5-3-4-6-11/h11H,2-10H2,1H3,(H2,13,14). The highest BCUT2D eigenvalue weighted by atomic mass is 15.3. The van der Waals surface area contributed by atoms with E-state index in [1.165, 1.54) is 25.7 Å². The maximum Gasteiger partial charge on any atom is 0.191 e. The van der Waals surface area contributed by atoms with Gasteiger partial charge < -0.3 is 10.6 Å². The van der Waals surface area contributed by atoms with Gasteiger partial charge in [0.15, 0.2) is 5.96 Å². The van der Waals surface area contributed by atoms with Gasteiger partial charge in [-0.25, -0.2) is 0 Å². The minimum Gasteiger partial charge on any atom is -0.370 e. The first-order valence-corrected chi connectivity index (χ1v) is 6.60. The lowest BCUT2D eigenvalue weighted by molar-refractivity contribution is 0.133. The van der Waals surface area contributed by atoms with Crippen LogP contribution >= 0.6 is 0 Å². The van der Waals surface area contributed by atoms with E-state index in [1.807, 2.05) is 6.92 Å². The van der Waals surface area contributed by atoms with E-state index in [2.05, 4.69) is 14.8 Å². The van der Waals surface area contributed by atoms with Crippen molar-refractivity contribution in [1.29, 1.82) is 0 Å². The molecule has 1 aliphatic heterocycles. The fourth-order valence-corrected chi connectivity index (χ4v) is 2.85. The predicted molar refractivity (Wildman–Crippen MR) is 67.6 cm³/mol. The molecule has 1 saturated heterocycles. The zero-order valence-corrected chi connectivity index (χ0v) is 10.4. The Labute approximate surface area is 98.5 Å². The molecule has 1 saturated carbocycles. The van der Waals surface area contributed by atoms with Gasteiger partial charge >= 0.3 is 0 Å². The number of guanidine groups is 1. The first-order chi connectivity index (χ1) is 7.81. The summed E-state index contributed by atoms with van der Waals surface area (Å²) in [7, 11) is 0. The second-order valence-corrected chi connectivity index (χ2v) is 4.79. The number of hydrogen-bond donors (Lipinski definition) is 1. The van der Waals surface area contributed by atoms with Crippen molar-refractivity contribution in [2.75, 3.05) is 32.7 Å². The number of hydrogen-bond acceptors (Lipinski definition) is 2. The van der Waals surface area contributed by atoms with Crippen molar-refractivity contribution in [3.8, 4) is 0 Å². The maximum absolute atomic E-state index is 5.92. The summed E-state index contributed by atoms with van der Waals surface area (Å²) in [4.78, 5) is 9.13. The van der Waals surface area contributed by atoms with Gasteiger partial charge in [-0.1, -0.05) is 12.8 Å². The molecular weight excluding hydrogens is 200 g/mol. The molecule has 0 radical (unpaired) electrons. The number of piperazine rings is 1. The average Bonchev–Trinajstić information content (AvgIpc) is 2.83. The predicted octanol–water partition coefficient (Wildman–Crippen LogP) is 0.881. The Balaban J connectivity index is 1.79. The van der Waals surface area contributed by atoms with Gasteiger partial charge in [0.1, 0.15) is 0 Å². The van der Waals surface area contributed by atoms with Crippen LogP contribution in [0, 0.1) is 0 Å². The summed E-state index contributed by atoms with van der Waals surface area (Å²) in [6.45, 7) is 7.23. The van der Waals surface area contributed by atoms with Crippen LogP contribution in [0.15, 0.2) is 4.99 Å². The fourth-order valence-electron chi connectivity index (χ4n) is 2.85. The van der Waals surface area contributed by atoms with E-state index in [1.54, 1.807) is 0 Å². The molecule has 1 aliphatic carbocycles. The normalized spacial score (nSPS) is 25.3. The Hall–Kier alpha value is -0.770. The topological polar surface area (TPSA) is 44.9 Å². The highest BCUT2D eigenvalue weighted by molar-refractivity contribution is 5.78. The molecule has 0 atom stereocenters. The molecule has 16 heavy (non-hydrogen) atoms. The van der Waals surface area contributed by atoms with Crippen LogP contribution in [0.3, 0.4) is 0 Å². The van der Waals surface area contributed by atoms with Crippen LogP contribution in [-0.4, -0.2) is 54.5 Å². The Morgan fingerprint density at radius 3 is 2.38 bits per heavy atom. The number of nitrogens with two attached hydrogens (primary N) is 1. The van der Waals surface area contributed by atoms with Crippen LogP contribution in [0.25, 0.3) is 0 Å². The first kappa shape index (κ1) is 11.7. The third-order valence-corrected chi connectivity index (χ3v) is 3.80. The van der Waals surface area contributed by atoms with Gasteiger partial charge in [0.2, 0.25) is 0 Å². The summed E-state index contributed by atoms with van der Waals surface area (Å²) in [6, 6.07) is 0.853. The Morgan fingerprint density at radius 2 is 1.81 bits per heavy atom. The molecule has 0 unspecified atom stereocenters. The molecule has 4 heteroatoms. The molecule has 2 rings (SSSR count). The SMILES string of the molecule is CCN=C(N)N1CCN(C2CCCC2)CC1. The molecule has 0 aromatic rings. The summed E-state index contributed by atoms with van der Waals surface area (Å²) in [6.07, 6.45) is 5.64. The minimum atomic E-state index is 0.730. The molecule has 2 fully saturated rings. The van der Waals surface area contributed by atoms with E-state index in [0.29, 0.717) is 0 Å². The van der Waals surface area contributed by atoms with Crippen molar-refractivity contribution in [3.63, 3.8) is 0 Å². The van der Waals surface area contributed by atoms with Gasteiger partial charge in [0.05, 0.1) is 0 Å². The lowest BCUT2D eigenvalue weighted by atomic mass is 10.2. The molecule has 0 amide bonds. The van der Waals surface area contributed by atoms with E-state index in [0.717, 1.165) is 44.7 Å². The van der Waals surface area contributed by atoms with Crippen molar-refractivity contribution in [2.24, 2.45) is 10.7 Å². The Kier molecular flexibility index (Phi) is 4.04. The monoisotopic (exact) mass is 224 g/mol. The molecule has 0 aromatic heterocycles. The van der Waals surface area contributed by atoms with Gasteiger partial charge in [-0.05, 0) is 19.8 Å². The zero-order chi connectivity index (χ0) is 11.4. The van der Waals surface area contributed by atoms with Crippen molar-refractivity contribution in [2.45, 2.75) is 38.6 Å². The molecule has 0 bridgehead atoms. The van der Waals surface area contributed by atoms with E-state index in [4.69, 9.17) is 5.73 Å². The van der Waals surface area contributed by atoms with Gasteiger partial charge in [0, 0.05) is 38.8 Å². The number of rotatable bonds is 2. The van der Waals surface area contributed by atoms with Crippen LogP contribution in [0.2, 0.25) is 0 Å². The van der Waals surface area contributed by atoms with E-state index >= 15 is 0 Å². The van der Waals surface area contributed by atoms with Crippen LogP contribution in [0.4, 0.5) is 0 Å². The number of nitrogens with zero attached hydrogens (tertiary/aromatic N) is 3. The summed E-state index contributed by atoms with van der Waals surface area (Å²) in [5, 5.41) is 0. The van der Waals surface area contributed by atoms with Crippen LogP contribution in [-0.2, 0) is 0 Å². The fraction of sp³-hybridized carbons (Fsp3) is 0.917. The highest BCUT2D eigenvalue weighted by Crippen LogP contribution is 2.24. The van der Waals surface area contributed by atoms with E-state index in [-0.39, 0.29) is 0 Å². The van der Waals surface area contributed by atoms with Crippen molar-refractivity contribution in [1.82, 2.24) is 9.80 Å². The second kappa shape index (κ2) is 5.53. The van der Waals surface area contributed by atoms with Crippen LogP contribution < -0.4 is 5.73 Å². The largest absolute Gasteiger partial charge is 0.370 e. The lowest BCUT2D eigenvalue weighted by Crippen LogP contribution is -2.53. The first-order valence-electron chi connectivity index (χ1n) is 6.60. The summed E-state index contributed by atoms with van der Waals surface area (Å²) < 4.78 is 0. The summed E-state index contributed by atoms with van der Waals surface area (Å²) >= 11 is 0. The molecule has 0 spiro atoms. The molecule has 2 N–H and O–H groups in total. The Morgan fingerprint density at radius 1 is 1.19 bits per heavy atom. The number of aliphatic imine (C=N–C) groups is 1. The van der Waals surface area contributed by atoms with Gasteiger partial charge in [-0.15, -0.1) is 0 Å². The van der Waals surface area contributed by atoms with Crippen molar-refractivity contribution in [3.05, 3.63) is 0 Å². The highest BCUT2D eigenvalue weighted by Gasteiger charge is 2.26. The molecule has 0 aromatic carbocycles. The summed E-state index contributed by atoms with van der Waals surface area (Å²) in [5.74, 6) is 0.730. The van der Waals surface area contributed by atoms with Crippen molar-refractivity contribution >= 4 is 5.96 Å². The smallest absolute Gasteiger partial charge is 0.191 e. The van der Waals surface area contributed by atoms with Gasteiger partial charge in [-0.3, -0.25) is 9.89 Å².